The number of imidazole rings is 1. The molecule has 0 aliphatic carbocycles. The summed E-state index contributed by atoms with van der Waals surface area (Å²) < 4.78 is 7.24. The number of likely N-dealkylation sites (tertiary alicyclic amines) is 1. The molecule has 1 aliphatic heterocycles. The van der Waals surface area contributed by atoms with E-state index in [1.54, 1.807) is 7.11 Å². The number of carbonyl (C=O) groups excluding carboxylic acids is 1. The predicted octanol–water partition coefficient (Wildman–Crippen LogP) is 2.18. The van der Waals surface area contributed by atoms with Crippen molar-refractivity contribution in [2.45, 2.75) is 18.9 Å². The number of ether oxygens (including phenoxy) is 1. The Labute approximate surface area is 130 Å². The fourth-order valence-corrected chi connectivity index (χ4v) is 3.09. The fraction of sp³-hybridized carbons (Fsp3) is 0.412. The van der Waals surface area contributed by atoms with E-state index in [1.807, 2.05) is 29.2 Å². The molecule has 0 spiro atoms. The van der Waals surface area contributed by atoms with Crippen LogP contribution < -0.4 is 0 Å². The van der Waals surface area contributed by atoms with Crippen molar-refractivity contribution in [2.75, 3.05) is 26.8 Å². The molecule has 2 heterocycles. The fourth-order valence-electron chi connectivity index (χ4n) is 3.09. The van der Waals surface area contributed by atoms with E-state index in [0.29, 0.717) is 32.7 Å². The number of methoxy groups -OCH3 is 1. The summed E-state index contributed by atoms with van der Waals surface area (Å²) in [6.45, 7) is 6.47. The van der Waals surface area contributed by atoms with Crippen molar-refractivity contribution in [3.05, 3.63) is 42.7 Å². The zero-order chi connectivity index (χ0) is 15.5. The van der Waals surface area contributed by atoms with Crippen molar-refractivity contribution in [1.29, 1.82) is 0 Å². The Bertz CT molecular complexity index is 692. The van der Waals surface area contributed by atoms with Crippen LogP contribution in [0.4, 0.5) is 0 Å². The van der Waals surface area contributed by atoms with Gasteiger partial charge in [0.1, 0.15) is 5.82 Å². The summed E-state index contributed by atoms with van der Waals surface area (Å²) in [5, 5.41) is 0. The minimum absolute atomic E-state index is 0.136. The molecule has 116 valence electrons. The minimum atomic E-state index is 0.136. The molecule has 1 aromatic carbocycles. The zero-order valence-corrected chi connectivity index (χ0v) is 12.9. The van der Waals surface area contributed by atoms with E-state index in [1.165, 1.54) is 0 Å². The standard InChI is InChI=1S/C17H21N3O2/c1-3-8-20-15-7-5-4-6-14(15)18-17(20)13-11-16(21)19(12-13)9-10-22-2/h3-7,13H,1,8-12H2,2H3/t13-/m1/s1. The predicted molar refractivity (Wildman–Crippen MR) is 85.7 cm³/mol. The molecule has 1 aromatic heterocycles. The number of benzene rings is 1. The summed E-state index contributed by atoms with van der Waals surface area (Å²) >= 11 is 0. The molecule has 5 heteroatoms. The van der Waals surface area contributed by atoms with Gasteiger partial charge < -0.3 is 14.2 Å². The number of hydrogen-bond acceptors (Lipinski definition) is 3. The third-order valence-corrected chi connectivity index (χ3v) is 4.14. The van der Waals surface area contributed by atoms with Gasteiger partial charge in [0, 0.05) is 39.1 Å². The molecule has 2 aromatic rings. The van der Waals surface area contributed by atoms with E-state index in [2.05, 4.69) is 17.2 Å². The number of rotatable bonds is 6. The molecule has 1 atom stereocenters. The lowest BCUT2D eigenvalue weighted by atomic mass is 10.1. The Morgan fingerprint density at radius 2 is 2.27 bits per heavy atom. The van der Waals surface area contributed by atoms with Gasteiger partial charge in [-0.2, -0.15) is 0 Å². The van der Waals surface area contributed by atoms with Gasteiger partial charge in [-0.15, -0.1) is 6.58 Å². The van der Waals surface area contributed by atoms with Gasteiger partial charge in [0.05, 0.1) is 17.6 Å². The van der Waals surface area contributed by atoms with Crippen LogP contribution in [0.1, 0.15) is 18.2 Å². The number of carbonyl (C=O) groups is 1. The summed E-state index contributed by atoms with van der Waals surface area (Å²) in [6.07, 6.45) is 2.39. The Kier molecular flexibility index (Phi) is 4.24. The Hall–Kier alpha value is -2.14. The van der Waals surface area contributed by atoms with Crippen molar-refractivity contribution in [2.24, 2.45) is 0 Å². The molecule has 0 radical (unpaired) electrons. The molecule has 0 saturated carbocycles. The van der Waals surface area contributed by atoms with Crippen molar-refractivity contribution < 1.29 is 9.53 Å². The van der Waals surface area contributed by atoms with Gasteiger partial charge in [0.2, 0.25) is 5.91 Å². The van der Waals surface area contributed by atoms with E-state index >= 15 is 0 Å². The van der Waals surface area contributed by atoms with Crippen molar-refractivity contribution in [3.8, 4) is 0 Å². The first-order chi connectivity index (χ1) is 10.7. The highest BCUT2D eigenvalue weighted by molar-refractivity contribution is 5.80. The van der Waals surface area contributed by atoms with Gasteiger partial charge in [-0.3, -0.25) is 4.79 Å². The summed E-state index contributed by atoms with van der Waals surface area (Å²) in [4.78, 5) is 18.8. The summed E-state index contributed by atoms with van der Waals surface area (Å²) in [5.41, 5.74) is 2.07. The average Bonchev–Trinajstić information content (AvgIpc) is 3.07. The quantitative estimate of drug-likeness (QED) is 0.768. The second-order valence-electron chi connectivity index (χ2n) is 5.59. The highest BCUT2D eigenvalue weighted by Crippen LogP contribution is 2.30. The lowest BCUT2D eigenvalue weighted by Gasteiger charge is -2.16. The lowest BCUT2D eigenvalue weighted by Crippen LogP contribution is -2.28. The van der Waals surface area contributed by atoms with Crippen LogP contribution in [0.3, 0.4) is 0 Å². The van der Waals surface area contributed by atoms with E-state index in [-0.39, 0.29) is 11.8 Å². The van der Waals surface area contributed by atoms with E-state index < -0.39 is 0 Å². The maximum absolute atomic E-state index is 12.2. The SMILES string of the molecule is C=CCn1c([C@@H]2CC(=O)N(CCOC)C2)nc2ccccc21. The van der Waals surface area contributed by atoms with Crippen molar-refractivity contribution in [3.63, 3.8) is 0 Å². The summed E-state index contributed by atoms with van der Waals surface area (Å²) in [6, 6.07) is 8.08. The number of aromatic nitrogens is 2. The maximum Gasteiger partial charge on any atom is 0.223 e. The number of allylic oxidation sites excluding steroid dienone is 1. The third kappa shape index (κ3) is 2.64. The maximum atomic E-state index is 12.2. The van der Waals surface area contributed by atoms with Crippen LogP contribution in [0, 0.1) is 0 Å². The number of para-hydroxylation sites is 2. The highest BCUT2D eigenvalue weighted by atomic mass is 16.5. The molecule has 0 unspecified atom stereocenters. The minimum Gasteiger partial charge on any atom is -0.383 e. The topological polar surface area (TPSA) is 47.4 Å². The first kappa shape index (κ1) is 14.8. The van der Waals surface area contributed by atoms with E-state index in [0.717, 1.165) is 16.9 Å². The van der Waals surface area contributed by atoms with Gasteiger partial charge >= 0.3 is 0 Å². The van der Waals surface area contributed by atoms with E-state index in [9.17, 15) is 4.79 Å². The Balaban J connectivity index is 1.91. The average molecular weight is 299 g/mol. The van der Waals surface area contributed by atoms with Crippen LogP contribution in [0.5, 0.6) is 0 Å². The molecular weight excluding hydrogens is 278 g/mol. The van der Waals surface area contributed by atoms with Gasteiger partial charge in [-0.25, -0.2) is 4.98 Å². The summed E-state index contributed by atoms with van der Waals surface area (Å²) in [7, 11) is 1.65. The largest absolute Gasteiger partial charge is 0.383 e. The van der Waals surface area contributed by atoms with Gasteiger partial charge in [0.15, 0.2) is 0 Å². The molecule has 5 nitrogen and oxygen atoms in total. The molecule has 22 heavy (non-hydrogen) atoms. The Morgan fingerprint density at radius 1 is 1.45 bits per heavy atom. The molecule has 0 bridgehead atoms. The van der Waals surface area contributed by atoms with Gasteiger partial charge in [0.25, 0.3) is 0 Å². The molecule has 1 aliphatic rings. The van der Waals surface area contributed by atoms with Crippen molar-refractivity contribution >= 4 is 16.9 Å². The number of hydrogen-bond donors (Lipinski definition) is 0. The highest BCUT2D eigenvalue weighted by Gasteiger charge is 2.33. The third-order valence-electron chi connectivity index (χ3n) is 4.14. The number of amides is 1. The molecule has 3 rings (SSSR count). The second kappa shape index (κ2) is 6.32. The molecular formula is C17H21N3O2. The van der Waals surface area contributed by atoms with Crippen LogP contribution >= 0.6 is 0 Å². The Morgan fingerprint density at radius 3 is 3.05 bits per heavy atom. The monoisotopic (exact) mass is 299 g/mol. The molecule has 0 N–H and O–H groups in total. The summed E-state index contributed by atoms with van der Waals surface area (Å²) in [5.74, 6) is 1.30. The van der Waals surface area contributed by atoms with Gasteiger partial charge in [-0.1, -0.05) is 18.2 Å². The number of fused-ring (bicyclic) bond motifs is 1. The van der Waals surface area contributed by atoms with Crippen LogP contribution in [0.15, 0.2) is 36.9 Å². The smallest absolute Gasteiger partial charge is 0.223 e. The molecule has 1 amide bonds. The van der Waals surface area contributed by atoms with Crippen LogP contribution in [0.2, 0.25) is 0 Å². The molecule has 1 saturated heterocycles. The first-order valence-corrected chi connectivity index (χ1v) is 7.57. The first-order valence-electron chi connectivity index (χ1n) is 7.57. The van der Waals surface area contributed by atoms with Crippen molar-refractivity contribution in [1.82, 2.24) is 14.5 Å². The zero-order valence-electron chi connectivity index (χ0n) is 12.9. The van der Waals surface area contributed by atoms with Crippen LogP contribution in [-0.2, 0) is 16.1 Å². The normalized spacial score (nSPS) is 18.3. The molecule has 1 fully saturated rings. The number of nitrogens with zero attached hydrogens (tertiary/aromatic N) is 3. The van der Waals surface area contributed by atoms with Crippen LogP contribution in [-0.4, -0.2) is 47.2 Å². The van der Waals surface area contributed by atoms with Gasteiger partial charge in [-0.05, 0) is 12.1 Å². The van der Waals surface area contributed by atoms with Crippen LogP contribution in [0.25, 0.3) is 11.0 Å². The second-order valence-corrected chi connectivity index (χ2v) is 5.59. The van der Waals surface area contributed by atoms with E-state index in [4.69, 9.17) is 9.72 Å². The lowest BCUT2D eigenvalue weighted by molar-refractivity contribution is -0.128.